The lowest BCUT2D eigenvalue weighted by atomic mass is 10.1. The number of carbonyl (C=O) groups is 1. The largest absolute Gasteiger partial charge is 0.467 e. The number of rotatable bonds is 7. The van der Waals surface area contributed by atoms with Gasteiger partial charge in [0.25, 0.3) is 10.0 Å². The molecule has 0 aliphatic carbocycles. The maximum Gasteiger partial charge on any atom is 0.389 e. The second-order valence-electron chi connectivity index (χ2n) is 5.41. The van der Waals surface area contributed by atoms with E-state index in [-0.39, 0.29) is 23.5 Å². The van der Waals surface area contributed by atoms with Crippen LogP contribution in [0.2, 0.25) is 0 Å². The Morgan fingerprint density at radius 2 is 1.66 bits per heavy atom. The summed E-state index contributed by atoms with van der Waals surface area (Å²) in [7, 11) is -1.97. The summed E-state index contributed by atoms with van der Waals surface area (Å²) in [6.07, 6.45) is -6.24. The smallest absolute Gasteiger partial charge is 0.389 e. The van der Waals surface area contributed by atoms with E-state index in [1.807, 2.05) is 0 Å². The highest BCUT2D eigenvalue weighted by Crippen LogP contribution is 2.25. The van der Waals surface area contributed by atoms with E-state index in [1.165, 1.54) is 32.4 Å². The van der Waals surface area contributed by atoms with Crippen molar-refractivity contribution in [2.24, 2.45) is 0 Å². The Labute approximate surface area is 163 Å². The van der Waals surface area contributed by atoms with Crippen LogP contribution in [0.5, 0.6) is 12.0 Å². The molecule has 0 bridgehead atoms. The molecule has 0 atom stereocenters. The number of amides is 2. The third-order valence-electron chi connectivity index (χ3n) is 3.35. The molecule has 10 nitrogen and oxygen atoms in total. The first-order valence-electron chi connectivity index (χ1n) is 7.86. The van der Waals surface area contributed by atoms with Crippen molar-refractivity contribution < 1.29 is 35.9 Å². The Morgan fingerprint density at radius 3 is 2.21 bits per heavy atom. The van der Waals surface area contributed by atoms with Crippen molar-refractivity contribution >= 4 is 22.0 Å². The fourth-order valence-electron chi connectivity index (χ4n) is 2.13. The van der Waals surface area contributed by atoms with Gasteiger partial charge in [0, 0.05) is 6.42 Å². The first-order chi connectivity index (χ1) is 13.5. The molecule has 1 aromatic heterocycles. The third kappa shape index (κ3) is 6.44. The van der Waals surface area contributed by atoms with Crippen LogP contribution in [0.25, 0.3) is 0 Å². The summed E-state index contributed by atoms with van der Waals surface area (Å²) in [6.45, 7) is 0. The van der Waals surface area contributed by atoms with Crippen molar-refractivity contribution in [1.29, 1.82) is 0 Å². The van der Waals surface area contributed by atoms with Crippen LogP contribution in [0.15, 0.2) is 29.2 Å². The molecule has 0 unspecified atom stereocenters. The van der Waals surface area contributed by atoms with Crippen LogP contribution < -0.4 is 19.5 Å². The normalized spacial score (nSPS) is 11.6. The van der Waals surface area contributed by atoms with Gasteiger partial charge in [-0.25, -0.2) is 17.9 Å². The quantitative estimate of drug-likeness (QED) is 0.674. The van der Waals surface area contributed by atoms with Crippen LogP contribution in [-0.4, -0.2) is 49.8 Å². The zero-order chi connectivity index (χ0) is 21.7. The Morgan fingerprint density at radius 1 is 1.07 bits per heavy atom. The van der Waals surface area contributed by atoms with Crippen LogP contribution in [0, 0.1) is 0 Å². The summed E-state index contributed by atoms with van der Waals surface area (Å²) >= 11 is 0. The van der Waals surface area contributed by atoms with Crippen molar-refractivity contribution in [3.8, 4) is 12.0 Å². The van der Waals surface area contributed by atoms with Crippen LogP contribution in [0.1, 0.15) is 12.0 Å². The highest BCUT2D eigenvalue weighted by molar-refractivity contribution is 7.90. The van der Waals surface area contributed by atoms with Gasteiger partial charge in [-0.3, -0.25) is 5.32 Å². The molecule has 2 amide bonds. The number of benzene rings is 1. The maximum atomic E-state index is 12.5. The van der Waals surface area contributed by atoms with Gasteiger partial charge >= 0.3 is 24.2 Å². The van der Waals surface area contributed by atoms with E-state index in [0.717, 1.165) is 6.07 Å². The summed E-state index contributed by atoms with van der Waals surface area (Å²) in [5.41, 5.74) is -0.0892. The minimum atomic E-state index is -4.47. The van der Waals surface area contributed by atoms with Crippen LogP contribution >= 0.6 is 0 Å². The molecule has 1 heterocycles. The highest BCUT2D eigenvalue weighted by atomic mass is 32.2. The summed E-state index contributed by atoms with van der Waals surface area (Å²) in [4.78, 5) is 22.7. The zero-order valence-electron chi connectivity index (χ0n) is 15.1. The second kappa shape index (κ2) is 8.89. The molecule has 29 heavy (non-hydrogen) atoms. The van der Waals surface area contributed by atoms with Crippen molar-refractivity contribution in [1.82, 2.24) is 19.7 Å². The van der Waals surface area contributed by atoms with E-state index in [2.05, 4.69) is 20.3 Å². The van der Waals surface area contributed by atoms with E-state index in [4.69, 9.17) is 9.47 Å². The number of aromatic nitrogens is 3. The maximum absolute atomic E-state index is 12.5. The number of nitrogens with one attached hydrogen (secondary N) is 2. The van der Waals surface area contributed by atoms with Gasteiger partial charge in [-0.1, -0.05) is 18.2 Å². The Bertz CT molecular complexity index is 962. The number of hydrogen-bond donors (Lipinski definition) is 2. The van der Waals surface area contributed by atoms with Crippen molar-refractivity contribution in [2.75, 3.05) is 19.5 Å². The van der Waals surface area contributed by atoms with E-state index >= 15 is 0 Å². The SMILES string of the molecule is COc1nc(NC(=O)NS(=O)(=O)c2ccccc2CCC(F)(F)F)nc(OC)n1. The predicted molar refractivity (Wildman–Crippen MR) is 93.1 cm³/mol. The van der Waals surface area contributed by atoms with Crippen molar-refractivity contribution in [3.63, 3.8) is 0 Å². The molecular weight excluding hydrogens is 419 g/mol. The fourth-order valence-corrected chi connectivity index (χ4v) is 3.31. The number of anilines is 1. The van der Waals surface area contributed by atoms with Crippen molar-refractivity contribution in [2.45, 2.75) is 23.9 Å². The first kappa shape index (κ1) is 22.1. The minimum absolute atomic E-state index is 0.0892. The van der Waals surface area contributed by atoms with E-state index in [0.29, 0.717) is 0 Å². The summed E-state index contributed by atoms with van der Waals surface area (Å²) < 4.78 is 73.7. The Hall–Kier alpha value is -3.16. The van der Waals surface area contributed by atoms with Gasteiger partial charge in [0.15, 0.2) is 0 Å². The average molecular weight is 435 g/mol. The molecule has 0 saturated heterocycles. The molecule has 0 spiro atoms. The van der Waals surface area contributed by atoms with Gasteiger partial charge in [0.05, 0.1) is 19.1 Å². The molecular formula is C15H16F3N5O5S. The number of alkyl halides is 3. The third-order valence-corrected chi connectivity index (χ3v) is 4.78. The van der Waals surface area contributed by atoms with Gasteiger partial charge in [-0.15, -0.1) is 4.98 Å². The van der Waals surface area contributed by atoms with Gasteiger partial charge in [0.2, 0.25) is 5.95 Å². The summed E-state index contributed by atoms with van der Waals surface area (Å²) in [5, 5.41) is 2.06. The molecule has 2 aromatic rings. The Kier molecular flexibility index (Phi) is 6.79. The monoisotopic (exact) mass is 435 g/mol. The molecule has 158 valence electrons. The number of urea groups is 1. The number of aryl methyl sites for hydroxylation is 1. The molecule has 2 rings (SSSR count). The fraction of sp³-hybridized carbons (Fsp3) is 0.333. The van der Waals surface area contributed by atoms with Crippen LogP contribution in [-0.2, 0) is 16.4 Å². The average Bonchev–Trinajstić information content (AvgIpc) is 2.65. The number of sulfonamides is 1. The molecule has 1 aromatic carbocycles. The molecule has 0 aliphatic rings. The number of carbonyl (C=O) groups excluding carboxylic acids is 1. The van der Waals surface area contributed by atoms with Gasteiger partial charge in [-0.2, -0.15) is 23.1 Å². The number of methoxy groups -OCH3 is 2. The van der Waals surface area contributed by atoms with E-state index in [9.17, 15) is 26.4 Å². The number of nitrogens with zero attached hydrogens (tertiary/aromatic N) is 3. The number of hydrogen-bond acceptors (Lipinski definition) is 8. The minimum Gasteiger partial charge on any atom is -0.467 e. The first-order valence-corrected chi connectivity index (χ1v) is 9.35. The molecule has 0 radical (unpaired) electrons. The lowest BCUT2D eigenvalue weighted by molar-refractivity contribution is -0.134. The van der Waals surface area contributed by atoms with Crippen molar-refractivity contribution in [3.05, 3.63) is 29.8 Å². The second-order valence-corrected chi connectivity index (χ2v) is 7.07. The number of ether oxygens (including phenoxy) is 2. The summed E-state index contributed by atoms with van der Waals surface area (Å²) in [5.74, 6) is -0.369. The molecule has 0 fully saturated rings. The van der Waals surface area contributed by atoms with Gasteiger partial charge in [0.1, 0.15) is 0 Å². The van der Waals surface area contributed by atoms with Crippen LogP contribution in [0.3, 0.4) is 0 Å². The summed E-state index contributed by atoms with van der Waals surface area (Å²) in [6, 6.07) is 3.40. The number of halogens is 3. The molecule has 14 heteroatoms. The molecule has 0 saturated carbocycles. The van der Waals surface area contributed by atoms with E-state index < -0.39 is 40.0 Å². The van der Waals surface area contributed by atoms with Crippen LogP contribution in [0.4, 0.5) is 23.9 Å². The Balaban J connectivity index is 2.18. The van der Waals surface area contributed by atoms with Gasteiger partial charge < -0.3 is 9.47 Å². The topological polar surface area (TPSA) is 132 Å². The highest BCUT2D eigenvalue weighted by Gasteiger charge is 2.29. The molecule has 2 N–H and O–H groups in total. The van der Waals surface area contributed by atoms with E-state index in [1.54, 1.807) is 4.72 Å². The lowest BCUT2D eigenvalue weighted by Gasteiger charge is -2.13. The molecule has 0 aliphatic heterocycles. The lowest BCUT2D eigenvalue weighted by Crippen LogP contribution is -2.35. The van der Waals surface area contributed by atoms with Gasteiger partial charge in [-0.05, 0) is 18.1 Å². The zero-order valence-corrected chi connectivity index (χ0v) is 16.0. The predicted octanol–water partition coefficient (Wildman–Crippen LogP) is 1.89. The standard InChI is InChI=1S/C15H16F3N5O5S/c1-27-13-20-11(21-14(22-13)28-2)19-12(24)23-29(25,26)10-6-4-3-5-9(10)7-8-15(16,17)18/h3-6H,7-8H2,1-2H3,(H2,19,20,21,22,23,24).